The van der Waals surface area contributed by atoms with Gasteiger partial charge in [0.25, 0.3) is 0 Å². The van der Waals surface area contributed by atoms with E-state index in [9.17, 15) is 0 Å². The van der Waals surface area contributed by atoms with Gasteiger partial charge < -0.3 is 18.9 Å². The van der Waals surface area contributed by atoms with E-state index in [1.807, 2.05) is 42.8 Å². The van der Waals surface area contributed by atoms with Crippen molar-refractivity contribution >= 4 is 0 Å². The van der Waals surface area contributed by atoms with Gasteiger partial charge in [0.2, 0.25) is 0 Å². The molecule has 0 fully saturated rings. The first-order chi connectivity index (χ1) is 10.2. The third-order valence-electron chi connectivity index (χ3n) is 3.08. The van der Waals surface area contributed by atoms with Crippen molar-refractivity contribution in [2.24, 2.45) is 0 Å². The number of ether oxygens (including phenoxy) is 4. The lowest BCUT2D eigenvalue weighted by atomic mass is 10.0. The molecule has 0 aliphatic rings. The van der Waals surface area contributed by atoms with Crippen molar-refractivity contribution in [3.05, 3.63) is 53.9 Å². The molecule has 4 heteroatoms. The van der Waals surface area contributed by atoms with Crippen molar-refractivity contribution in [1.82, 2.24) is 0 Å². The molecule has 0 spiro atoms. The number of methoxy groups -OCH3 is 4. The molecule has 0 heterocycles. The van der Waals surface area contributed by atoms with Gasteiger partial charge in [-0.1, -0.05) is 0 Å². The molecule has 0 atom stereocenters. The van der Waals surface area contributed by atoms with Crippen molar-refractivity contribution in [3.63, 3.8) is 0 Å². The van der Waals surface area contributed by atoms with Crippen LogP contribution in [-0.4, -0.2) is 28.4 Å². The number of hydrogen-bond donors (Lipinski definition) is 0. The standard InChI is InChI=1S/C17H19O4/c1-18-14-6-12(7-15(10-14)19-2)5-13-8-16(20-3)11-17(9-13)21-4/h5-11H,1-4H3. The van der Waals surface area contributed by atoms with Crippen LogP contribution in [0.25, 0.3) is 0 Å². The molecule has 21 heavy (non-hydrogen) atoms. The molecule has 0 N–H and O–H groups in total. The maximum Gasteiger partial charge on any atom is 0.122 e. The fraction of sp³-hybridized carbons (Fsp3) is 0.235. The van der Waals surface area contributed by atoms with Gasteiger partial charge in [-0.15, -0.1) is 0 Å². The fourth-order valence-electron chi connectivity index (χ4n) is 2.02. The predicted molar refractivity (Wildman–Crippen MR) is 81.6 cm³/mol. The Kier molecular flexibility index (Phi) is 4.93. The van der Waals surface area contributed by atoms with E-state index in [2.05, 4.69) is 0 Å². The maximum atomic E-state index is 5.28. The SMILES string of the molecule is COc1cc([CH]c2cc(OC)cc(OC)c2)cc(OC)c1. The molecule has 0 saturated carbocycles. The van der Waals surface area contributed by atoms with Crippen LogP contribution in [0.15, 0.2) is 36.4 Å². The highest BCUT2D eigenvalue weighted by atomic mass is 16.5. The molecular formula is C17H19O4. The van der Waals surface area contributed by atoms with E-state index in [0.717, 1.165) is 34.1 Å². The summed E-state index contributed by atoms with van der Waals surface area (Å²) < 4.78 is 21.1. The smallest absolute Gasteiger partial charge is 0.122 e. The van der Waals surface area contributed by atoms with Crippen molar-refractivity contribution in [2.45, 2.75) is 0 Å². The second-order valence-electron chi connectivity index (χ2n) is 4.44. The largest absolute Gasteiger partial charge is 0.497 e. The Labute approximate surface area is 125 Å². The van der Waals surface area contributed by atoms with Crippen molar-refractivity contribution < 1.29 is 18.9 Å². The molecule has 111 valence electrons. The quantitative estimate of drug-likeness (QED) is 0.816. The molecule has 0 bridgehead atoms. The van der Waals surface area contributed by atoms with Crippen LogP contribution in [0, 0.1) is 6.42 Å². The summed E-state index contributed by atoms with van der Waals surface area (Å²) in [5.41, 5.74) is 1.95. The summed E-state index contributed by atoms with van der Waals surface area (Å²) in [4.78, 5) is 0. The first-order valence-electron chi connectivity index (χ1n) is 6.49. The maximum absolute atomic E-state index is 5.28. The van der Waals surface area contributed by atoms with Crippen molar-refractivity contribution in [1.29, 1.82) is 0 Å². The summed E-state index contributed by atoms with van der Waals surface area (Å²) in [6, 6.07) is 11.4. The van der Waals surface area contributed by atoms with Gasteiger partial charge in [0.15, 0.2) is 0 Å². The fourth-order valence-corrected chi connectivity index (χ4v) is 2.02. The van der Waals surface area contributed by atoms with Gasteiger partial charge in [-0.2, -0.15) is 0 Å². The molecule has 0 aromatic heterocycles. The molecule has 4 nitrogen and oxygen atoms in total. The summed E-state index contributed by atoms with van der Waals surface area (Å²) in [6.45, 7) is 0. The lowest BCUT2D eigenvalue weighted by molar-refractivity contribution is 0.393. The summed E-state index contributed by atoms with van der Waals surface area (Å²) >= 11 is 0. The van der Waals surface area contributed by atoms with E-state index in [1.54, 1.807) is 28.4 Å². The van der Waals surface area contributed by atoms with Gasteiger partial charge in [0, 0.05) is 18.6 Å². The Morgan fingerprint density at radius 3 is 1.05 bits per heavy atom. The number of hydrogen-bond acceptors (Lipinski definition) is 4. The Balaban J connectivity index is 2.32. The lowest BCUT2D eigenvalue weighted by Crippen LogP contribution is -1.93. The molecular weight excluding hydrogens is 268 g/mol. The van der Waals surface area contributed by atoms with Gasteiger partial charge in [-0.05, 0) is 35.4 Å². The molecule has 1 radical (unpaired) electrons. The Morgan fingerprint density at radius 2 is 0.810 bits per heavy atom. The zero-order chi connectivity index (χ0) is 15.2. The zero-order valence-electron chi connectivity index (χ0n) is 12.7. The molecule has 0 aliphatic carbocycles. The molecule has 0 saturated heterocycles. The second-order valence-corrected chi connectivity index (χ2v) is 4.44. The normalized spacial score (nSPS) is 10.1. The van der Waals surface area contributed by atoms with Crippen LogP contribution in [0.4, 0.5) is 0 Å². The molecule has 0 unspecified atom stereocenters. The summed E-state index contributed by atoms with van der Waals surface area (Å²) in [5, 5.41) is 0. The van der Waals surface area contributed by atoms with Gasteiger partial charge in [-0.3, -0.25) is 0 Å². The van der Waals surface area contributed by atoms with Crippen LogP contribution in [0.5, 0.6) is 23.0 Å². The van der Waals surface area contributed by atoms with Crippen LogP contribution in [0.3, 0.4) is 0 Å². The Bertz CT molecular complexity index is 510. The highest BCUT2D eigenvalue weighted by Gasteiger charge is 2.06. The molecule has 0 aliphatic heterocycles. The summed E-state index contributed by atoms with van der Waals surface area (Å²) in [7, 11) is 6.53. The topological polar surface area (TPSA) is 36.9 Å². The van der Waals surface area contributed by atoms with Gasteiger partial charge in [0.05, 0.1) is 28.4 Å². The van der Waals surface area contributed by atoms with Crippen molar-refractivity contribution in [3.8, 4) is 23.0 Å². The average Bonchev–Trinajstić information content (AvgIpc) is 2.53. The van der Waals surface area contributed by atoms with Crippen LogP contribution in [0.1, 0.15) is 11.1 Å². The van der Waals surface area contributed by atoms with Crippen molar-refractivity contribution in [2.75, 3.05) is 28.4 Å². The van der Waals surface area contributed by atoms with E-state index in [-0.39, 0.29) is 0 Å². The zero-order valence-corrected chi connectivity index (χ0v) is 12.7. The van der Waals surface area contributed by atoms with E-state index in [1.165, 1.54) is 0 Å². The lowest BCUT2D eigenvalue weighted by Gasteiger charge is -2.10. The van der Waals surface area contributed by atoms with E-state index in [4.69, 9.17) is 18.9 Å². The first-order valence-corrected chi connectivity index (χ1v) is 6.49. The Hall–Kier alpha value is -2.36. The van der Waals surface area contributed by atoms with E-state index in [0.29, 0.717) is 0 Å². The van der Waals surface area contributed by atoms with Gasteiger partial charge >= 0.3 is 0 Å². The third kappa shape index (κ3) is 3.81. The Morgan fingerprint density at radius 1 is 0.524 bits per heavy atom. The summed E-state index contributed by atoms with van der Waals surface area (Å²) in [5.74, 6) is 2.98. The molecule has 2 rings (SSSR count). The minimum atomic E-state index is 0.746. The minimum Gasteiger partial charge on any atom is -0.497 e. The molecule has 2 aromatic carbocycles. The van der Waals surface area contributed by atoms with E-state index >= 15 is 0 Å². The third-order valence-corrected chi connectivity index (χ3v) is 3.08. The first kappa shape index (κ1) is 15.0. The predicted octanol–water partition coefficient (Wildman–Crippen LogP) is 3.32. The second kappa shape index (κ2) is 6.88. The number of rotatable bonds is 6. The van der Waals surface area contributed by atoms with Crippen LogP contribution in [0.2, 0.25) is 0 Å². The minimum absolute atomic E-state index is 0.746. The molecule has 2 aromatic rings. The van der Waals surface area contributed by atoms with E-state index < -0.39 is 0 Å². The highest BCUT2D eigenvalue weighted by molar-refractivity contribution is 5.49. The monoisotopic (exact) mass is 287 g/mol. The number of benzene rings is 2. The summed E-state index contributed by atoms with van der Waals surface area (Å²) in [6.07, 6.45) is 2.01. The van der Waals surface area contributed by atoms with Crippen LogP contribution in [-0.2, 0) is 0 Å². The van der Waals surface area contributed by atoms with Crippen LogP contribution >= 0.6 is 0 Å². The average molecular weight is 287 g/mol. The van der Waals surface area contributed by atoms with Crippen LogP contribution < -0.4 is 18.9 Å². The highest BCUT2D eigenvalue weighted by Crippen LogP contribution is 2.28. The molecule has 0 amide bonds. The van der Waals surface area contributed by atoms with Gasteiger partial charge in [0.1, 0.15) is 23.0 Å². The van der Waals surface area contributed by atoms with Gasteiger partial charge in [-0.25, -0.2) is 0 Å².